The number of ether oxygens (including phenoxy) is 1. The van der Waals surface area contributed by atoms with Gasteiger partial charge in [0, 0.05) is 17.8 Å². The number of amides is 2. The number of nitrogens with one attached hydrogen (secondary N) is 1. The molecule has 1 aromatic heterocycles. The zero-order chi connectivity index (χ0) is 22.7. The number of rotatable bonds is 6. The summed E-state index contributed by atoms with van der Waals surface area (Å²) in [6.45, 7) is 0.270. The van der Waals surface area contributed by atoms with Crippen LogP contribution in [0.25, 0.3) is 0 Å². The largest absolute Gasteiger partial charge is 0.504 e. The van der Waals surface area contributed by atoms with Crippen LogP contribution in [0, 0.1) is 0 Å². The van der Waals surface area contributed by atoms with E-state index in [9.17, 15) is 19.8 Å². The van der Waals surface area contributed by atoms with E-state index in [4.69, 9.17) is 10.5 Å². The van der Waals surface area contributed by atoms with Crippen LogP contribution in [-0.2, 0) is 19.4 Å². The van der Waals surface area contributed by atoms with Gasteiger partial charge in [0.05, 0.1) is 0 Å². The third kappa shape index (κ3) is 4.80. The van der Waals surface area contributed by atoms with Crippen molar-refractivity contribution >= 4 is 11.8 Å². The van der Waals surface area contributed by atoms with Crippen LogP contribution < -0.4 is 15.8 Å². The standard InChI is InChI=1S/C24H23N3O5/c25-23(30)20-9-14(7-8-26-20)13-32-19-5-2-15-1-4-18(10-17(15)11-19)27-24(31)16-3-6-21(28)22(29)12-16/h2-3,5-9,11-12,18,28-29H,1,4,10,13H2,(H2,25,30)(H,27,31). The number of aromatic nitrogens is 1. The number of carbonyl (C=O) groups is 2. The van der Waals surface area contributed by atoms with Gasteiger partial charge >= 0.3 is 0 Å². The monoisotopic (exact) mass is 433 g/mol. The Balaban J connectivity index is 1.40. The molecule has 0 radical (unpaired) electrons. The van der Waals surface area contributed by atoms with Gasteiger partial charge in [0.25, 0.3) is 11.8 Å². The smallest absolute Gasteiger partial charge is 0.267 e. The lowest BCUT2D eigenvalue weighted by Gasteiger charge is -2.26. The van der Waals surface area contributed by atoms with Crippen LogP contribution in [-0.4, -0.2) is 33.1 Å². The molecular formula is C24H23N3O5. The minimum atomic E-state index is -0.587. The number of hydrogen-bond donors (Lipinski definition) is 4. The van der Waals surface area contributed by atoms with E-state index in [-0.39, 0.29) is 41.3 Å². The van der Waals surface area contributed by atoms with Crippen LogP contribution in [0.2, 0.25) is 0 Å². The molecule has 8 heteroatoms. The van der Waals surface area contributed by atoms with E-state index in [1.54, 1.807) is 12.1 Å². The van der Waals surface area contributed by atoms with Gasteiger partial charge in [-0.3, -0.25) is 14.6 Å². The number of hydrogen-bond acceptors (Lipinski definition) is 6. The van der Waals surface area contributed by atoms with Gasteiger partial charge < -0.3 is 26.0 Å². The number of aryl methyl sites for hydroxylation is 1. The first-order chi connectivity index (χ1) is 15.4. The molecule has 5 N–H and O–H groups in total. The minimum absolute atomic E-state index is 0.0560. The Morgan fingerprint density at radius 3 is 2.69 bits per heavy atom. The zero-order valence-corrected chi connectivity index (χ0v) is 17.2. The van der Waals surface area contributed by atoms with Gasteiger partial charge in [-0.2, -0.15) is 0 Å². The number of aromatic hydroxyl groups is 2. The molecule has 1 atom stereocenters. The molecule has 2 aromatic carbocycles. The lowest BCUT2D eigenvalue weighted by molar-refractivity contribution is 0.0932. The van der Waals surface area contributed by atoms with Crippen molar-refractivity contribution in [3.8, 4) is 17.2 Å². The van der Waals surface area contributed by atoms with Crippen molar-refractivity contribution in [1.29, 1.82) is 0 Å². The van der Waals surface area contributed by atoms with Crippen LogP contribution in [0.15, 0.2) is 54.7 Å². The molecule has 3 aromatic rings. The summed E-state index contributed by atoms with van der Waals surface area (Å²) in [7, 11) is 0. The van der Waals surface area contributed by atoms with Gasteiger partial charge in [-0.05, 0) is 78.4 Å². The fourth-order valence-electron chi connectivity index (χ4n) is 3.75. The lowest BCUT2D eigenvalue weighted by Crippen LogP contribution is -2.38. The van der Waals surface area contributed by atoms with Gasteiger partial charge in [-0.15, -0.1) is 0 Å². The van der Waals surface area contributed by atoms with Crippen molar-refractivity contribution in [1.82, 2.24) is 10.3 Å². The summed E-state index contributed by atoms with van der Waals surface area (Å²) in [5.41, 5.74) is 8.84. The average molecular weight is 433 g/mol. The number of nitrogens with two attached hydrogens (primary N) is 1. The van der Waals surface area contributed by atoms with Crippen LogP contribution in [0.3, 0.4) is 0 Å². The second kappa shape index (κ2) is 8.97. The Labute approximate surface area is 184 Å². The molecule has 0 aliphatic heterocycles. The predicted molar refractivity (Wildman–Crippen MR) is 117 cm³/mol. The molecule has 0 saturated heterocycles. The van der Waals surface area contributed by atoms with E-state index in [2.05, 4.69) is 10.3 Å². The second-order valence-electron chi connectivity index (χ2n) is 7.75. The molecule has 1 aliphatic carbocycles. The van der Waals surface area contributed by atoms with Crippen molar-refractivity contribution in [3.63, 3.8) is 0 Å². The Morgan fingerprint density at radius 1 is 1.06 bits per heavy atom. The maximum absolute atomic E-state index is 12.5. The van der Waals surface area contributed by atoms with Crippen LogP contribution >= 0.6 is 0 Å². The summed E-state index contributed by atoms with van der Waals surface area (Å²) in [5.74, 6) is -0.791. The number of pyridine rings is 1. The molecule has 32 heavy (non-hydrogen) atoms. The third-order valence-corrected chi connectivity index (χ3v) is 5.46. The molecule has 0 spiro atoms. The average Bonchev–Trinajstić information content (AvgIpc) is 2.79. The zero-order valence-electron chi connectivity index (χ0n) is 17.2. The molecule has 164 valence electrons. The number of phenols is 2. The quantitative estimate of drug-likeness (QED) is 0.441. The maximum atomic E-state index is 12.5. The number of benzene rings is 2. The van der Waals surface area contributed by atoms with E-state index < -0.39 is 5.91 Å². The fraction of sp³-hybridized carbons (Fsp3) is 0.208. The third-order valence-electron chi connectivity index (χ3n) is 5.46. The molecule has 0 bridgehead atoms. The number of carbonyl (C=O) groups excluding carboxylic acids is 2. The minimum Gasteiger partial charge on any atom is -0.504 e. The Morgan fingerprint density at radius 2 is 1.91 bits per heavy atom. The highest BCUT2D eigenvalue weighted by Crippen LogP contribution is 2.28. The van der Waals surface area contributed by atoms with Crippen molar-refractivity contribution in [2.75, 3.05) is 0 Å². The summed E-state index contributed by atoms with van der Waals surface area (Å²) in [6.07, 6.45) is 3.81. The normalized spacial score (nSPS) is 14.9. The highest BCUT2D eigenvalue weighted by atomic mass is 16.5. The number of primary amides is 1. The summed E-state index contributed by atoms with van der Waals surface area (Å²) in [6, 6.07) is 13.2. The van der Waals surface area contributed by atoms with Crippen molar-refractivity contribution in [3.05, 3.63) is 82.7 Å². The summed E-state index contributed by atoms with van der Waals surface area (Å²) < 4.78 is 5.88. The molecule has 1 aliphatic rings. The highest BCUT2D eigenvalue weighted by Gasteiger charge is 2.22. The molecule has 2 amide bonds. The lowest BCUT2D eigenvalue weighted by atomic mass is 9.88. The van der Waals surface area contributed by atoms with Gasteiger partial charge in [-0.1, -0.05) is 6.07 Å². The summed E-state index contributed by atoms with van der Waals surface area (Å²) >= 11 is 0. The van der Waals surface area contributed by atoms with E-state index in [0.29, 0.717) is 12.2 Å². The summed E-state index contributed by atoms with van der Waals surface area (Å²) in [4.78, 5) is 27.7. The molecule has 0 fully saturated rings. The first kappa shape index (κ1) is 21.2. The SMILES string of the molecule is NC(=O)c1cc(COc2ccc3c(c2)CC(NC(=O)c2ccc(O)c(O)c2)CC3)ccn1. The number of nitrogens with zero attached hydrogens (tertiary/aromatic N) is 1. The number of fused-ring (bicyclic) bond motifs is 1. The Hall–Kier alpha value is -4.07. The predicted octanol–water partition coefficient (Wildman–Crippen LogP) is 2.46. The van der Waals surface area contributed by atoms with Crippen molar-refractivity contribution < 1.29 is 24.5 Å². The highest BCUT2D eigenvalue weighted by molar-refractivity contribution is 5.95. The van der Waals surface area contributed by atoms with E-state index in [0.717, 1.165) is 24.0 Å². The topological polar surface area (TPSA) is 135 Å². The van der Waals surface area contributed by atoms with Gasteiger partial charge in [0.1, 0.15) is 18.1 Å². The van der Waals surface area contributed by atoms with Gasteiger partial charge in [-0.25, -0.2) is 0 Å². The number of phenolic OH excluding ortho intramolecular Hbond substituents is 2. The first-order valence-corrected chi connectivity index (χ1v) is 10.2. The second-order valence-corrected chi connectivity index (χ2v) is 7.75. The van der Waals surface area contributed by atoms with Gasteiger partial charge in [0.2, 0.25) is 0 Å². The van der Waals surface area contributed by atoms with Gasteiger partial charge in [0.15, 0.2) is 11.5 Å². The molecule has 8 nitrogen and oxygen atoms in total. The fourth-order valence-corrected chi connectivity index (χ4v) is 3.75. The van der Waals surface area contributed by atoms with Crippen molar-refractivity contribution in [2.24, 2.45) is 5.73 Å². The maximum Gasteiger partial charge on any atom is 0.267 e. The molecule has 1 heterocycles. The van der Waals surface area contributed by atoms with Crippen LogP contribution in [0.5, 0.6) is 17.2 Å². The molecule has 1 unspecified atom stereocenters. The van der Waals surface area contributed by atoms with Crippen molar-refractivity contribution in [2.45, 2.75) is 31.9 Å². The van der Waals surface area contributed by atoms with E-state index in [1.807, 2.05) is 18.2 Å². The molecule has 4 rings (SSSR count). The first-order valence-electron chi connectivity index (χ1n) is 10.2. The summed E-state index contributed by atoms with van der Waals surface area (Å²) in [5, 5.41) is 22.0. The molecular weight excluding hydrogens is 410 g/mol. The molecule has 0 saturated carbocycles. The van der Waals surface area contributed by atoms with E-state index in [1.165, 1.54) is 30.0 Å². The van der Waals surface area contributed by atoms with Crippen LogP contribution in [0.4, 0.5) is 0 Å². The Kier molecular flexibility index (Phi) is 5.93. The van der Waals surface area contributed by atoms with E-state index >= 15 is 0 Å². The van der Waals surface area contributed by atoms with Crippen LogP contribution in [0.1, 0.15) is 44.0 Å². The Bertz CT molecular complexity index is 1180.